The van der Waals surface area contributed by atoms with Gasteiger partial charge < -0.3 is 21.7 Å². The molecule has 2 atom stereocenters. The minimum atomic E-state index is -1.03. The first-order valence-corrected chi connectivity index (χ1v) is 6.96. The van der Waals surface area contributed by atoms with Crippen molar-refractivity contribution >= 4 is 28.3 Å². The maximum Gasteiger partial charge on any atom is 0.185 e. The number of aliphatic hydroxyl groups excluding tert-OH is 2. The Hall–Kier alpha value is -1.24. The number of aliphatic hydroxyl groups is 2. The van der Waals surface area contributed by atoms with Crippen LogP contribution in [0, 0.1) is 6.92 Å². The van der Waals surface area contributed by atoms with Crippen LogP contribution in [0.4, 0.5) is 11.4 Å². The molecule has 0 aliphatic rings. The molecule has 1 rings (SSSR count). The van der Waals surface area contributed by atoms with Crippen LogP contribution in [0.15, 0.2) is 12.1 Å². The van der Waals surface area contributed by atoms with Gasteiger partial charge in [-0.25, -0.2) is 0 Å². The highest BCUT2D eigenvalue weighted by molar-refractivity contribution is 8.13. The van der Waals surface area contributed by atoms with Gasteiger partial charge in [-0.2, -0.15) is 0 Å². The fraction of sp³-hybridized carbons (Fsp3) is 0.462. The number of carbonyl (C=O) groups excluding carboxylic acids is 1. The number of rotatable bonds is 5. The molecule has 2 unspecified atom stereocenters. The standard InChI is InChI=1S/C13H20N2O3S/c1-7-5-9(6-10(14)12(7)15)13(18)11(17)3-4-19-8(2)16/h5-6,11,13,17-18H,3-4,14-15H2,1-2H3. The first kappa shape index (κ1) is 15.8. The predicted octanol–water partition coefficient (Wildman–Crippen LogP) is 1.22. The normalized spacial score (nSPS) is 14.1. The van der Waals surface area contributed by atoms with Crippen molar-refractivity contribution in [2.75, 3.05) is 17.2 Å². The molecule has 0 saturated heterocycles. The molecule has 6 N–H and O–H groups in total. The predicted molar refractivity (Wildman–Crippen MR) is 78.7 cm³/mol. The molecule has 0 saturated carbocycles. The van der Waals surface area contributed by atoms with E-state index in [2.05, 4.69) is 0 Å². The van der Waals surface area contributed by atoms with Crippen molar-refractivity contribution in [3.8, 4) is 0 Å². The zero-order chi connectivity index (χ0) is 14.6. The first-order valence-electron chi connectivity index (χ1n) is 5.98. The molecule has 0 radical (unpaired) electrons. The van der Waals surface area contributed by atoms with Crippen LogP contribution in [-0.4, -0.2) is 27.2 Å². The lowest BCUT2D eigenvalue weighted by atomic mass is 9.99. The molecule has 0 aliphatic heterocycles. The molecule has 106 valence electrons. The van der Waals surface area contributed by atoms with Gasteiger partial charge in [-0.3, -0.25) is 4.79 Å². The first-order chi connectivity index (χ1) is 8.82. The number of thioether (sulfide) groups is 1. The molecular weight excluding hydrogens is 264 g/mol. The Morgan fingerprint density at radius 2 is 2.00 bits per heavy atom. The summed E-state index contributed by atoms with van der Waals surface area (Å²) in [6.45, 7) is 3.26. The van der Waals surface area contributed by atoms with E-state index in [1.54, 1.807) is 19.1 Å². The SMILES string of the molecule is CC(=O)SCCC(O)C(O)c1cc(C)c(N)c(N)c1. The molecule has 0 bridgehead atoms. The molecule has 0 spiro atoms. The molecular formula is C13H20N2O3S. The number of hydrogen-bond donors (Lipinski definition) is 4. The summed E-state index contributed by atoms with van der Waals surface area (Å²) in [6, 6.07) is 3.27. The molecule has 0 fully saturated rings. The number of nitrogen functional groups attached to an aromatic ring is 2. The molecule has 1 aromatic carbocycles. The van der Waals surface area contributed by atoms with Gasteiger partial charge in [0.2, 0.25) is 0 Å². The average molecular weight is 284 g/mol. The lowest BCUT2D eigenvalue weighted by molar-refractivity contribution is -0.109. The summed E-state index contributed by atoms with van der Waals surface area (Å²) in [7, 11) is 0. The Morgan fingerprint density at radius 3 is 2.53 bits per heavy atom. The van der Waals surface area contributed by atoms with E-state index in [-0.39, 0.29) is 5.12 Å². The molecule has 0 aliphatic carbocycles. The topological polar surface area (TPSA) is 110 Å². The number of anilines is 2. The molecule has 1 aromatic rings. The molecule has 6 heteroatoms. The quantitative estimate of drug-likeness (QED) is 0.605. The molecule has 0 aromatic heterocycles. The Balaban J connectivity index is 2.71. The molecule has 19 heavy (non-hydrogen) atoms. The summed E-state index contributed by atoms with van der Waals surface area (Å²) in [5.41, 5.74) is 13.6. The highest BCUT2D eigenvalue weighted by Gasteiger charge is 2.19. The maximum atomic E-state index is 10.8. The third-order valence-corrected chi connectivity index (χ3v) is 3.71. The van der Waals surface area contributed by atoms with Crippen LogP contribution in [0.5, 0.6) is 0 Å². The highest BCUT2D eigenvalue weighted by Crippen LogP contribution is 2.28. The summed E-state index contributed by atoms with van der Waals surface area (Å²) in [5.74, 6) is 0.469. The van der Waals surface area contributed by atoms with E-state index in [1.165, 1.54) is 6.92 Å². The van der Waals surface area contributed by atoms with Crippen LogP contribution < -0.4 is 11.5 Å². The highest BCUT2D eigenvalue weighted by atomic mass is 32.2. The van der Waals surface area contributed by atoms with Gasteiger partial charge in [0.15, 0.2) is 5.12 Å². The van der Waals surface area contributed by atoms with Crippen molar-refractivity contribution in [1.82, 2.24) is 0 Å². The second-order valence-electron chi connectivity index (χ2n) is 4.48. The zero-order valence-corrected chi connectivity index (χ0v) is 11.9. The minimum Gasteiger partial charge on any atom is -0.397 e. The van der Waals surface area contributed by atoms with E-state index in [9.17, 15) is 15.0 Å². The Morgan fingerprint density at radius 1 is 1.37 bits per heavy atom. The van der Waals surface area contributed by atoms with Gasteiger partial charge in [-0.05, 0) is 30.5 Å². The van der Waals surface area contributed by atoms with Gasteiger partial charge in [0, 0.05) is 12.7 Å². The van der Waals surface area contributed by atoms with E-state index in [1.807, 2.05) is 0 Å². The van der Waals surface area contributed by atoms with Crippen LogP contribution >= 0.6 is 11.8 Å². The second kappa shape index (κ2) is 6.79. The number of benzene rings is 1. The van der Waals surface area contributed by atoms with Gasteiger partial charge in [-0.15, -0.1) is 0 Å². The van der Waals surface area contributed by atoms with Gasteiger partial charge in [0.05, 0.1) is 17.5 Å². The van der Waals surface area contributed by atoms with Gasteiger partial charge in [-0.1, -0.05) is 17.8 Å². The van der Waals surface area contributed by atoms with Gasteiger partial charge >= 0.3 is 0 Å². The van der Waals surface area contributed by atoms with Crippen molar-refractivity contribution in [3.05, 3.63) is 23.3 Å². The van der Waals surface area contributed by atoms with E-state index >= 15 is 0 Å². The van der Waals surface area contributed by atoms with E-state index < -0.39 is 12.2 Å². The van der Waals surface area contributed by atoms with Crippen LogP contribution in [0.3, 0.4) is 0 Å². The van der Waals surface area contributed by atoms with Crippen LogP contribution in [0.2, 0.25) is 0 Å². The lowest BCUT2D eigenvalue weighted by Crippen LogP contribution is -2.19. The summed E-state index contributed by atoms with van der Waals surface area (Å²) in [6.07, 6.45) is -1.64. The number of aryl methyl sites for hydroxylation is 1. The van der Waals surface area contributed by atoms with Crippen LogP contribution in [0.25, 0.3) is 0 Å². The van der Waals surface area contributed by atoms with Crippen molar-refractivity contribution in [1.29, 1.82) is 0 Å². The zero-order valence-electron chi connectivity index (χ0n) is 11.1. The third-order valence-electron chi connectivity index (χ3n) is 2.87. The van der Waals surface area contributed by atoms with Gasteiger partial charge in [0.1, 0.15) is 6.10 Å². The fourth-order valence-corrected chi connectivity index (χ4v) is 2.38. The van der Waals surface area contributed by atoms with Crippen molar-refractivity contribution in [2.45, 2.75) is 32.5 Å². The van der Waals surface area contributed by atoms with Gasteiger partial charge in [0.25, 0.3) is 0 Å². The maximum absolute atomic E-state index is 10.8. The second-order valence-corrected chi connectivity index (χ2v) is 5.75. The van der Waals surface area contributed by atoms with Crippen LogP contribution in [0.1, 0.15) is 30.6 Å². The number of carbonyl (C=O) groups is 1. The van der Waals surface area contributed by atoms with Crippen molar-refractivity contribution in [2.24, 2.45) is 0 Å². The fourth-order valence-electron chi connectivity index (χ4n) is 1.73. The Bertz CT molecular complexity index is 442. The van der Waals surface area contributed by atoms with Crippen LogP contribution in [-0.2, 0) is 4.79 Å². The summed E-state index contributed by atoms with van der Waals surface area (Å²) < 4.78 is 0. The Labute approximate surface area is 117 Å². The monoisotopic (exact) mass is 284 g/mol. The summed E-state index contributed by atoms with van der Waals surface area (Å²) in [5, 5.41) is 19.9. The smallest absolute Gasteiger partial charge is 0.185 e. The Kier molecular flexibility index (Phi) is 5.65. The molecule has 0 amide bonds. The van der Waals surface area contributed by atoms with E-state index in [0.717, 1.165) is 17.3 Å². The molecule has 0 heterocycles. The van der Waals surface area contributed by atoms with Crippen molar-refractivity contribution < 1.29 is 15.0 Å². The van der Waals surface area contributed by atoms with Crippen molar-refractivity contribution in [3.63, 3.8) is 0 Å². The summed E-state index contributed by atoms with van der Waals surface area (Å²) in [4.78, 5) is 10.8. The molecule has 5 nitrogen and oxygen atoms in total. The largest absolute Gasteiger partial charge is 0.397 e. The van der Waals surface area contributed by atoms with E-state index in [0.29, 0.717) is 29.1 Å². The number of hydrogen-bond acceptors (Lipinski definition) is 6. The average Bonchev–Trinajstić information content (AvgIpc) is 2.33. The minimum absolute atomic E-state index is 0.00531. The third kappa shape index (κ3) is 4.41. The summed E-state index contributed by atoms with van der Waals surface area (Å²) >= 11 is 1.13. The number of nitrogens with two attached hydrogens (primary N) is 2. The lowest BCUT2D eigenvalue weighted by Gasteiger charge is -2.19. The van der Waals surface area contributed by atoms with E-state index in [4.69, 9.17) is 11.5 Å².